The molecule has 0 amide bonds. The van der Waals surface area contributed by atoms with E-state index in [2.05, 4.69) is 68.4 Å². The van der Waals surface area contributed by atoms with Crippen molar-refractivity contribution in [1.29, 1.82) is 0 Å². The van der Waals surface area contributed by atoms with Crippen molar-refractivity contribution >= 4 is 38.9 Å². The molecule has 0 fully saturated rings. The van der Waals surface area contributed by atoms with Crippen molar-refractivity contribution < 1.29 is 0 Å². The van der Waals surface area contributed by atoms with Crippen molar-refractivity contribution in [3.8, 4) is 0 Å². The molecule has 0 aliphatic heterocycles. The third kappa shape index (κ3) is 4.15. The smallest absolute Gasteiger partial charge is 0.145 e. The van der Waals surface area contributed by atoms with Gasteiger partial charge in [0.1, 0.15) is 17.5 Å². The topological polar surface area (TPSA) is 67.1 Å². The van der Waals surface area contributed by atoms with Crippen molar-refractivity contribution in [3.05, 3.63) is 32.7 Å². The molecule has 2 aromatic heterocycles. The highest BCUT2D eigenvalue weighted by Gasteiger charge is 2.20. The van der Waals surface area contributed by atoms with Gasteiger partial charge in [-0.05, 0) is 22.0 Å². The maximum atomic E-state index is 5.52. The van der Waals surface area contributed by atoms with Crippen LogP contribution in [0, 0.1) is 0 Å². The molecular weight excluding hydrogens is 350 g/mol. The molecule has 2 heterocycles. The van der Waals surface area contributed by atoms with Gasteiger partial charge in [0, 0.05) is 33.3 Å². The van der Waals surface area contributed by atoms with Crippen LogP contribution in [0.3, 0.4) is 0 Å². The van der Waals surface area contributed by atoms with Crippen LogP contribution in [-0.4, -0.2) is 17.0 Å². The number of nitrogens with zero attached hydrogens (tertiary/aromatic N) is 3. The summed E-state index contributed by atoms with van der Waals surface area (Å²) >= 11 is 5.20. The lowest BCUT2D eigenvalue weighted by atomic mass is 9.96. The van der Waals surface area contributed by atoms with E-state index in [0.29, 0.717) is 5.82 Å². The number of hydrogen-bond acceptors (Lipinski definition) is 6. The van der Waals surface area contributed by atoms with Gasteiger partial charge < -0.3 is 10.3 Å². The fourth-order valence-corrected chi connectivity index (χ4v) is 3.29. The Bertz CT molecular complexity index is 620. The van der Waals surface area contributed by atoms with E-state index < -0.39 is 0 Å². The Balaban J connectivity index is 2.29. The average molecular weight is 370 g/mol. The normalized spacial score (nSPS) is 11.5. The van der Waals surface area contributed by atoms with E-state index in [1.165, 1.54) is 4.88 Å². The summed E-state index contributed by atoms with van der Waals surface area (Å²) < 4.78 is 1.11. The molecule has 21 heavy (non-hydrogen) atoms. The first-order valence-corrected chi connectivity index (χ1v) is 8.27. The Kier molecular flexibility index (Phi) is 4.85. The van der Waals surface area contributed by atoms with Crippen LogP contribution >= 0.6 is 27.3 Å². The summed E-state index contributed by atoms with van der Waals surface area (Å²) in [6, 6.07) is 3.98. The van der Waals surface area contributed by atoms with Gasteiger partial charge in [0.25, 0.3) is 0 Å². The molecule has 3 N–H and O–H groups in total. The number of aromatic nitrogens is 2. The second-order valence-corrected chi connectivity index (χ2v) is 7.83. The molecule has 0 aliphatic rings. The summed E-state index contributed by atoms with van der Waals surface area (Å²) in [5.41, 5.74) is 2.49. The first kappa shape index (κ1) is 16.2. The van der Waals surface area contributed by atoms with Gasteiger partial charge in [0.05, 0.1) is 6.54 Å². The molecule has 0 radical (unpaired) electrons. The lowest BCUT2D eigenvalue weighted by Crippen LogP contribution is -2.23. The van der Waals surface area contributed by atoms with Gasteiger partial charge in [-0.15, -0.1) is 11.3 Å². The van der Waals surface area contributed by atoms with E-state index >= 15 is 0 Å². The first-order chi connectivity index (χ1) is 9.79. The molecule has 2 rings (SSSR count). The number of nitrogens with two attached hydrogens (primary N) is 1. The molecule has 0 bridgehead atoms. The summed E-state index contributed by atoms with van der Waals surface area (Å²) in [5, 5.41) is 2.08. The van der Waals surface area contributed by atoms with Gasteiger partial charge in [-0.1, -0.05) is 20.8 Å². The van der Waals surface area contributed by atoms with Crippen LogP contribution in [0.4, 0.5) is 11.6 Å². The van der Waals surface area contributed by atoms with Gasteiger partial charge in [0.2, 0.25) is 0 Å². The summed E-state index contributed by atoms with van der Waals surface area (Å²) in [7, 11) is 2.02. The van der Waals surface area contributed by atoms with Crippen LogP contribution in [-0.2, 0) is 12.0 Å². The van der Waals surface area contributed by atoms with Crippen molar-refractivity contribution in [1.82, 2.24) is 9.97 Å². The average Bonchev–Trinajstić information content (AvgIpc) is 2.82. The lowest BCUT2D eigenvalue weighted by Gasteiger charge is -2.22. The van der Waals surface area contributed by atoms with Crippen LogP contribution in [0.15, 0.2) is 22.0 Å². The Labute approximate surface area is 137 Å². The SMILES string of the molecule is CN(Cc1cc(Br)cs1)c1cc(NN)nc(C(C)(C)C)n1. The monoisotopic (exact) mass is 369 g/mol. The maximum Gasteiger partial charge on any atom is 0.145 e. The third-order valence-corrected chi connectivity index (χ3v) is 4.62. The molecule has 0 unspecified atom stereocenters. The van der Waals surface area contributed by atoms with E-state index in [9.17, 15) is 0 Å². The summed E-state index contributed by atoms with van der Waals surface area (Å²) in [5.74, 6) is 7.78. The van der Waals surface area contributed by atoms with Gasteiger partial charge in [0.15, 0.2) is 0 Å². The summed E-state index contributed by atoms with van der Waals surface area (Å²) in [6.07, 6.45) is 0. The van der Waals surface area contributed by atoms with Crippen LogP contribution in [0.1, 0.15) is 31.5 Å². The van der Waals surface area contributed by atoms with Crippen molar-refractivity contribution in [3.63, 3.8) is 0 Å². The van der Waals surface area contributed by atoms with Crippen molar-refractivity contribution in [2.45, 2.75) is 32.7 Å². The van der Waals surface area contributed by atoms with E-state index in [-0.39, 0.29) is 5.41 Å². The van der Waals surface area contributed by atoms with E-state index in [1.807, 2.05) is 13.1 Å². The summed E-state index contributed by atoms with van der Waals surface area (Å²) in [6.45, 7) is 7.05. The van der Waals surface area contributed by atoms with Gasteiger partial charge >= 0.3 is 0 Å². The second-order valence-electron chi connectivity index (χ2n) is 5.92. The molecule has 0 atom stereocenters. The molecule has 0 spiro atoms. The number of anilines is 2. The molecule has 0 saturated carbocycles. The van der Waals surface area contributed by atoms with Gasteiger partial charge in [-0.25, -0.2) is 15.8 Å². The molecule has 2 aromatic rings. The second kappa shape index (κ2) is 6.29. The molecular formula is C14H20BrN5S. The van der Waals surface area contributed by atoms with Gasteiger partial charge in [-0.2, -0.15) is 0 Å². The van der Waals surface area contributed by atoms with Crippen LogP contribution in [0.2, 0.25) is 0 Å². The number of rotatable bonds is 4. The molecule has 7 heteroatoms. The van der Waals surface area contributed by atoms with E-state index in [0.717, 1.165) is 22.7 Å². The predicted molar refractivity (Wildman–Crippen MR) is 92.7 cm³/mol. The standard InChI is InChI=1S/C14H20BrN5S/c1-14(2,3)13-17-11(19-16)6-12(18-13)20(4)7-10-5-9(15)8-21-10/h5-6,8H,7,16H2,1-4H3,(H,17,18,19). The zero-order valence-electron chi connectivity index (χ0n) is 12.6. The predicted octanol–water partition coefficient (Wildman–Crippen LogP) is 3.52. The molecule has 0 saturated heterocycles. The Morgan fingerprint density at radius 2 is 2.05 bits per heavy atom. The zero-order valence-corrected chi connectivity index (χ0v) is 15.0. The minimum Gasteiger partial charge on any atom is -0.354 e. The highest BCUT2D eigenvalue weighted by molar-refractivity contribution is 9.10. The molecule has 5 nitrogen and oxygen atoms in total. The number of nitrogen functional groups attached to an aromatic ring is 1. The fourth-order valence-electron chi connectivity index (χ4n) is 1.79. The van der Waals surface area contributed by atoms with Crippen molar-refractivity contribution in [2.75, 3.05) is 17.4 Å². The van der Waals surface area contributed by atoms with Crippen LogP contribution in [0.5, 0.6) is 0 Å². The van der Waals surface area contributed by atoms with E-state index in [1.54, 1.807) is 11.3 Å². The largest absolute Gasteiger partial charge is 0.354 e. The number of nitrogens with one attached hydrogen (secondary N) is 1. The Morgan fingerprint density at radius 1 is 1.33 bits per heavy atom. The summed E-state index contributed by atoms with van der Waals surface area (Å²) in [4.78, 5) is 12.5. The molecule has 0 aromatic carbocycles. The number of halogens is 1. The minimum atomic E-state index is -0.131. The van der Waals surface area contributed by atoms with Crippen LogP contribution < -0.4 is 16.2 Å². The Morgan fingerprint density at radius 3 is 2.57 bits per heavy atom. The van der Waals surface area contributed by atoms with Gasteiger partial charge in [-0.3, -0.25) is 0 Å². The Hall–Kier alpha value is -1.18. The first-order valence-electron chi connectivity index (χ1n) is 6.60. The van der Waals surface area contributed by atoms with E-state index in [4.69, 9.17) is 5.84 Å². The van der Waals surface area contributed by atoms with Crippen molar-refractivity contribution in [2.24, 2.45) is 5.84 Å². The highest BCUT2D eigenvalue weighted by Crippen LogP contribution is 2.26. The number of hydrazine groups is 1. The molecule has 114 valence electrons. The molecule has 0 aliphatic carbocycles. The lowest BCUT2D eigenvalue weighted by molar-refractivity contribution is 0.545. The number of thiophene rings is 1. The highest BCUT2D eigenvalue weighted by atomic mass is 79.9. The zero-order chi connectivity index (χ0) is 15.6. The quantitative estimate of drug-likeness (QED) is 0.637. The number of hydrogen-bond donors (Lipinski definition) is 2. The minimum absolute atomic E-state index is 0.131. The third-order valence-electron chi connectivity index (χ3n) is 2.94. The fraction of sp³-hybridized carbons (Fsp3) is 0.429. The maximum absolute atomic E-state index is 5.52. The van der Waals surface area contributed by atoms with Crippen LogP contribution in [0.25, 0.3) is 0 Å².